The maximum Gasteiger partial charge on any atom is 0.228 e. The summed E-state index contributed by atoms with van der Waals surface area (Å²) in [7, 11) is 0. The Kier molecular flexibility index (Phi) is 2.97. The van der Waals surface area contributed by atoms with Crippen molar-refractivity contribution in [1.29, 1.82) is 0 Å². The molecule has 2 aromatic heterocycles. The summed E-state index contributed by atoms with van der Waals surface area (Å²) in [6.45, 7) is 6.63. The van der Waals surface area contributed by atoms with Gasteiger partial charge in [0.1, 0.15) is 5.76 Å². The molecule has 0 radical (unpaired) electrons. The Hall–Kier alpha value is -1.69. The van der Waals surface area contributed by atoms with Crippen molar-refractivity contribution in [2.45, 2.75) is 32.6 Å². The van der Waals surface area contributed by atoms with E-state index in [9.17, 15) is 0 Å². The van der Waals surface area contributed by atoms with Gasteiger partial charge < -0.3 is 14.8 Å². The number of rotatable bonds is 3. The molecular formula is C11H16N4O2. The van der Waals surface area contributed by atoms with E-state index in [1.165, 1.54) is 0 Å². The molecular weight excluding hydrogens is 220 g/mol. The van der Waals surface area contributed by atoms with E-state index in [4.69, 9.17) is 14.8 Å². The average Bonchev–Trinajstić information content (AvgIpc) is 2.82. The topological polar surface area (TPSA) is 91.0 Å². The first kappa shape index (κ1) is 11.8. The summed E-state index contributed by atoms with van der Waals surface area (Å²) in [4.78, 5) is 4.19. The Morgan fingerprint density at radius 3 is 2.59 bits per heavy atom. The number of nitrogens with two attached hydrogens (primary N) is 1. The molecule has 0 aromatic carbocycles. The van der Waals surface area contributed by atoms with Gasteiger partial charge in [-0.25, -0.2) is 0 Å². The van der Waals surface area contributed by atoms with E-state index < -0.39 is 0 Å². The molecule has 0 unspecified atom stereocenters. The lowest BCUT2D eigenvalue weighted by molar-refractivity contribution is 0.330. The molecule has 0 aliphatic carbocycles. The van der Waals surface area contributed by atoms with E-state index in [0.717, 1.165) is 5.76 Å². The lowest BCUT2D eigenvalue weighted by Gasteiger charge is -2.11. The van der Waals surface area contributed by atoms with Crippen molar-refractivity contribution in [3.63, 3.8) is 0 Å². The zero-order valence-corrected chi connectivity index (χ0v) is 10.2. The maximum absolute atomic E-state index is 5.41. The van der Waals surface area contributed by atoms with Crippen molar-refractivity contribution in [3.8, 4) is 11.5 Å². The molecule has 0 spiro atoms. The van der Waals surface area contributed by atoms with Gasteiger partial charge >= 0.3 is 0 Å². The normalized spacial score (nSPS) is 12.0. The smallest absolute Gasteiger partial charge is 0.228 e. The average molecular weight is 236 g/mol. The van der Waals surface area contributed by atoms with Crippen LogP contribution < -0.4 is 5.73 Å². The SMILES string of the molecule is CC(C)(C)c1cc(-c2noc(CCN)n2)no1. The molecule has 0 saturated heterocycles. The van der Waals surface area contributed by atoms with E-state index >= 15 is 0 Å². The third-order valence-corrected chi connectivity index (χ3v) is 2.30. The van der Waals surface area contributed by atoms with E-state index in [-0.39, 0.29) is 5.41 Å². The molecule has 0 aliphatic rings. The first-order valence-corrected chi connectivity index (χ1v) is 5.51. The molecule has 0 saturated carbocycles. The molecule has 0 fully saturated rings. The Labute approximate surface area is 99.2 Å². The Morgan fingerprint density at radius 1 is 1.24 bits per heavy atom. The standard InChI is InChI=1S/C11H16N4O2/c1-11(2,3)8-6-7(14-16-8)10-13-9(4-5-12)17-15-10/h6H,4-5,12H2,1-3H3. The summed E-state index contributed by atoms with van der Waals surface area (Å²) in [6, 6.07) is 1.83. The lowest BCUT2D eigenvalue weighted by Crippen LogP contribution is -2.09. The molecule has 2 N–H and O–H groups in total. The number of nitrogens with zero attached hydrogens (tertiary/aromatic N) is 3. The van der Waals surface area contributed by atoms with Crippen LogP contribution in [0.2, 0.25) is 0 Å². The second-order valence-electron chi connectivity index (χ2n) is 4.88. The van der Waals surface area contributed by atoms with Gasteiger partial charge in [0.2, 0.25) is 11.7 Å². The lowest BCUT2D eigenvalue weighted by atomic mass is 9.93. The third kappa shape index (κ3) is 2.52. The minimum atomic E-state index is -0.0882. The number of aromatic nitrogens is 3. The van der Waals surface area contributed by atoms with Crippen LogP contribution >= 0.6 is 0 Å². The van der Waals surface area contributed by atoms with Crippen molar-refractivity contribution in [2.75, 3.05) is 6.54 Å². The van der Waals surface area contributed by atoms with Gasteiger partial charge in [-0.1, -0.05) is 31.1 Å². The second kappa shape index (κ2) is 4.29. The number of hydrogen-bond acceptors (Lipinski definition) is 6. The van der Waals surface area contributed by atoms with Crippen molar-refractivity contribution in [1.82, 2.24) is 15.3 Å². The number of hydrogen-bond donors (Lipinski definition) is 1. The fraction of sp³-hybridized carbons (Fsp3) is 0.545. The highest BCUT2D eigenvalue weighted by Crippen LogP contribution is 2.25. The van der Waals surface area contributed by atoms with E-state index in [0.29, 0.717) is 30.4 Å². The molecule has 0 atom stereocenters. The van der Waals surface area contributed by atoms with Crippen molar-refractivity contribution in [3.05, 3.63) is 17.7 Å². The predicted molar refractivity (Wildman–Crippen MR) is 61.3 cm³/mol. The molecule has 6 nitrogen and oxygen atoms in total. The van der Waals surface area contributed by atoms with Gasteiger partial charge in [-0.15, -0.1) is 0 Å². The van der Waals surface area contributed by atoms with E-state index in [1.54, 1.807) is 0 Å². The molecule has 17 heavy (non-hydrogen) atoms. The highest BCUT2D eigenvalue weighted by atomic mass is 16.5. The van der Waals surface area contributed by atoms with Crippen molar-refractivity contribution >= 4 is 0 Å². The molecule has 2 heterocycles. The second-order valence-corrected chi connectivity index (χ2v) is 4.88. The third-order valence-electron chi connectivity index (χ3n) is 2.30. The highest BCUT2D eigenvalue weighted by molar-refractivity contribution is 5.48. The maximum atomic E-state index is 5.41. The van der Waals surface area contributed by atoms with Gasteiger partial charge in [0.25, 0.3) is 0 Å². The summed E-state index contributed by atoms with van der Waals surface area (Å²) in [5, 5.41) is 7.77. The van der Waals surface area contributed by atoms with Gasteiger partial charge in [0.05, 0.1) is 0 Å². The molecule has 0 aliphatic heterocycles. The van der Waals surface area contributed by atoms with Crippen LogP contribution in [0, 0.1) is 0 Å². The van der Waals surface area contributed by atoms with Gasteiger partial charge in [-0.3, -0.25) is 0 Å². The Morgan fingerprint density at radius 2 is 2.00 bits per heavy atom. The van der Waals surface area contributed by atoms with E-state index in [2.05, 4.69) is 15.3 Å². The fourth-order valence-electron chi connectivity index (χ4n) is 1.32. The quantitative estimate of drug-likeness (QED) is 0.868. The summed E-state index contributed by atoms with van der Waals surface area (Å²) >= 11 is 0. The minimum absolute atomic E-state index is 0.0882. The Balaban J connectivity index is 2.24. The zero-order valence-electron chi connectivity index (χ0n) is 10.2. The van der Waals surface area contributed by atoms with Crippen LogP contribution in [0.25, 0.3) is 11.5 Å². The molecule has 2 aromatic rings. The predicted octanol–water partition coefficient (Wildman–Crippen LogP) is 1.52. The van der Waals surface area contributed by atoms with Crippen LogP contribution in [0.1, 0.15) is 32.4 Å². The molecule has 0 bridgehead atoms. The van der Waals surface area contributed by atoms with Crippen LogP contribution in [0.15, 0.2) is 15.1 Å². The summed E-state index contributed by atoms with van der Waals surface area (Å²) in [6.07, 6.45) is 0.566. The molecule has 92 valence electrons. The first-order chi connectivity index (χ1) is 8.00. The Bertz CT molecular complexity index is 496. The summed E-state index contributed by atoms with van der Waals surface area (Å²) in [5.41, 5.74) is 5.90. The highest BCUT2D eigenvalue weighted by Gasteiger charge is 2.21. The van der Waals surface area contributed by atoms with Crippen LogP contribution in [0.4, 0.5) is 0 Å². The summed E-state index contributed by atoms with van der Waals surface area (Å²) in [5.74, 6) is 1.74. The molecule has 6 heteroatoms. The van der Waals surface area contributed by atoms with Crippen LogP contribution in [-0.2, 0) is 11.8 Å². The van der Waals surface area contributed by atoms with E-state index in [1.807, 2.05) is 26.8 Å². The first-order valence-electron chi connectivity index (χ1n) is 5.51. The van der Waals surface area contributed by atoms with Crippen LogP contribution in [-0.4, -0.2) is 21.8 Å². The molecule has 0 amide bonds. The fourth-order valence-corrected chi connectivity index (χ4v) is 1.32. The monoisotopic (exact) mass is 236 g/mol. The van der Waals surface area contributed by atoms with Gasteiger partial charge in [-0.05, 0) is 0 Å². The van der Waals surface area contributed by atoms with Crippen LogP contribution in [0.5, 0.6) is 0 Å². The largest absolute Gasteiger partial charge is 0.360 e. The minimum Gasteiger partial charge on any atom is -0.360 e. The van der Waals surface area contributed by atoms with Gasteiger partial charge in [0.15, 0.2) is 5.69 Å². The molecule has 2 rings (SSSR count). The van der Waals surface area contributed by atoms with Crippen molar-refractivity contribution < 1.29 is 9.05 Å². The van der Waals surface area contributed by atoms with Gasteiger partial charge in [0, 0.05) is 24.4 Å². The van der Waals surface area contributed by atoms with Crippen molar-refractivity contribution in [2.24, 2.45) is 5.73 Å². The summed E-state index contributed by atoms with van der Waals surface area (Å²) < 4.78 is 10.3. The zero-order chi connectivity index (χ0) is 12.5. The van der Waals surface area contributed by atoms with Crippen LogP contribution in [0.3, 0.4) is 0 Å². The van der Waals surface area contributed by atoms with Gasteiger partial charge in [-0.2, -0.15) is 4.98 Å².